The van der Waals surface area contributed by atoms with Crippen LogP contribution < -0.4 is 0 Å². The summed E-state index contributed by atoms with van der Waals surface area (Å²) in [5, 5.41) is 24.7. The van der Waals surface area contributed by atoms with Gasteiger partial charge in [-0.2, -0.15) is 5.10 Å². The number of phenols is 1. The van der Waals surface area contributed by atoms with Crippen molar-refractivity contribution in [1.82, 2.24) is 14.7 Å². The second kappa shape index (κ2) is 8.96. The molecule has 1 aliphatic heterocycles. The molecule has 7 nitrogen and oxygen atoms in total. The van der Waals surface area contributed by atoms with Crippen molar-refractivity contribution in [2.24, 2.45) is 0 Å². The number of hydrogen-bond donors (Lipinski definition) is 2. The van der Waals surface area contributed by atoms with E-state index in [-0.39, 0.29) is 12.5 Å². The molecule has 1 aromatic heterocycles. The molecule has 2 N–H and O–H groups in total. The van der Waals surface area contributed by atoms with Crippen LogP contribution in [0.4, 0.5) is 0 Å². The molecule has 1 fully saturated rings. The van der Waals surface area contributed by atoms with Gasteiger partial charge in [-0.05, 0) is 74.1 Å². The molecule has 1 atom stereocenters. The Morgan fingerprint density at radius 1 is 1.16 bits per heavy atom. The summed E-state index contributed by atoms with van der Waals surface area (Å²) in [7, 11) is 0. The van der Waals surface area contributed by atoms with Gasteiger partial charge in [0.2, 0.25) is 5.91 Å². The number of nitrogens with zero attached hydrogens (tertiary/aromatic N) is 3. The molecule has 0 spiro atoms. The van der Waals surface area contributed by atoms with Crippen molar-refractivity contribution in [3.63, 3.8) is 0 Å². The predicted molar refractivity (Wildman–Crippen MR) is 121 cm³/mol. The number of aromatic hydroxyl groups is 1. The molecule has 0 saturated carbocycles. The second-order valence-electron chi connectivity index (χ2n) is 9.01. The van der Waals surface area contributed by atoms with Gasteiger partial charge in [-0.25, -0.2) is 4.79 Å². The standard InChI is InChI=1S/C25H33N3O4/c1-4-20-19(13-16-12-15(3)24(30)18-9-6-8-17(16)18)21(5-2)28(26-20)14-23(29)27-11-7-10-22(27)25(31)32/h12,22,30H,4-11,13-14H2,1-3H3,(H,31,32). The van der Waals surface area contributed by atoms with Crippen molar-refractivity contribution >= 4 is 11.9 Å². The van der Waals surface area contributed by atoms with Gasteiger partial charge in [0, 0.05) is 24.2 Å². The lowest BCUT2D eigenvalue weighted by Gasteiger charge is -2.22. The Labute approximate surface area is 189 Å². The van der Waals surface area contributed by atoms with Crippen LogP contribution in [-0.2, 0) is 48.2 Å². The fourth-order valence-electron chi connectivity index (χ4n) is 5.51. The minimum atomic E-state index is -0.932. The molecule has 32 heavy (non-hydrogen) atoms. The normalized spacial score (nSPS) is 17.7. The van der Waals surface area contributed by atoms with Gasteiger partial charge in [-0.15, -0.1) is 0 Å². The number of carboxylic acids is 1. The average Bonchev–Trinajstić information content (AvgIpc) is 3.50. The highest BCUT2D eigenvalue weighted by Crippen LogP contribution is 2.37. The minimum absolute atomic E-state index is 0.0761. The monoisotopic (exact) mass is 439 g/mol. The lowest BCUT2D eigenvalue weighted by Crippen LogP contribution is -2.42. The van der Waals surface area contributed by atoms with E-state index in [1.165, 1.54) is 16.0 Å². The number of carbonyl (C=O) groups excluding carboxylic acids is 1. The zero-order chi connectivity index (χ0) is 23.0. The highest BCUT2D eigenvalue weighted by molar-refractivity contribution is 5.84. The Kier molecular flexibility index (Phi) is 6.26. The highest BCUT2D eigenvalue weighted by Gasteiger charge is 2.34. The maximum atomic E-state index is 13.0. The van der Waals surface area contributed by atoms with Crippen molar-refractivity contribution < 1.29 is 19.8 Å². The quantitative estimate of drug-likeness (QED) is 0.691. The summed E-state index contributed by atoms with van der Waals surface area (Å²) >= 11 is 0. The summed E-state index contributed by atoms with van der Waals surface area (Å²) in [6.45, 7) is 6.67. The number of aromatic nitrogens is 2. The van der Waals surface area contributed by atoms with Gasteiger partial charge in [0.25, 0.3) is 0 Å². The van der Waals surface area contributed by atoms with E-state index in [4.69, 9.17) is 5.10 Å². The third-order valence-corrected chi connectivity index (χ3v) is 7.09. The maximum Gasteiger partial charge on any atom is 0.326 e. The van der Waals surface area contributed by atoms with Gasteiger partial charge in [-0.3, -0.25) is 9.48 Å². The molecule has 7 heteroatoms. The number of fused-ring (bicyclic) bond motifs is 1. The summed E-state index contributed by atoms with van der Waals surface area (Å²) < 4.78 is 1.79. The van der Waals surface area contributed by atoms with Crippen molar-refractivity contribution in [3.8, 4) is 5.75 Å². The molecule has 2 aromatic rings. The van der Waals surface area contributed by atoms with E-state index < -0.39 is 12.0 Å². The number of benzene rings is 1. The Hall–Kier alpha value is -2.83. The fraction of sp³-hybridized carbons (Fsp3) is 0.560. The number of hydrogen-bond acceptors (Lipinski definition) is 4. The van der Waals surface area contributed by atoms with Crippen LogP contribution in [0.5, 0.6) is 5.75 Å². The highest BCUT2D eigenvalue weighted by atomic mass is 16.4. The molecule has 0 radical (unpaired) electrons. The van der Waals surface area contributed by atoms with Crippen molar-refractivity contribution in [2.75, 3.05) is 6.54 Å². The first-order valence-electron chi connectivity index (χ1n) is 11.8. The van der Waals surface area contributed by atoms with Crippen LogP contribution in [0.25, 0.3) is 0 Å². The third kappa shape index (κ3) is 3.89. The van der Waals surface area contributed by atoms with Gasteiger partial charge < -0.3 is 15.1 Å². The molecule has 1 amide bonds. The first kappa shape index (κ1) is 22.4. The Bertz CT molecular complexity index is 1060. The van der Waals surface area contributed by atoms with Crippen LogP contribution in [0.3, 0.4) is 0 Å². The molecule has 1 aliphatic carbocycles. The Morgan fingerprint density at radius 3 is 2.59 bits per heavy atom. The topological polar surface area (TPSA) is 95.7 Å². The third-order valence-electron chi connectivity index (χ3n) is 7.09. The fourth-order valence-corrected chi connectivity index (χ4v) is 5.51. The first-order valence-corrected chi connectivity index (χ1v) is 11.8. The van der Waals surface area contributed by atoms with Gasteiger partial charge >= 0.3 is 5.97 Å². The number of likely N-dealkylation sites (tertiary alicyclic amines) is 1. The van der Waals surface area contributed by atoms with Gasteiger partial charge in [-0.1, -0.05) is 19.9 Å². The summed E-state index contributed by atoms with van der Waals surface area (Å²) in [4.78, 5) is 26.0. The molecule has 1 saturated heterocycles. The number of carboxylic acid groups (broad SMARTS) is 1. The zero-order valence-corrected chi connectivity index (χ0v) is 19.3. The van der Waals surface area contributed by atoms with E-state index in [1.807, 2.05) is 6.92 Å². The number of carbonyl (C=O) groups is 2. The second-order valence-corrected chi connectivity index (χ2v) is 9.01. The van der Waals surface area contributed by atoms with Gasteiger partial charge in [0.05, 0.1) is 5.69 Å². The van der Waals surface area contributed by atoms with Crippen LogP contribution in [0, 0.1) is 6.92 Å². The smallest absolute Gasteiger partial charge is 0.326 e. The Morgan fingerprint density at radius 2 is 1.91 bits per heavy atom. The number of rotatable bonds is 7. The number of aryl methyl sites for hydroxylation is 2. The van der Waals surface area contributed by atoms with E-state index in [2.05, 4.69) is 19.9 Å². The van der Waals surface area contributed by atoms with Crippen molar-refractivity contribution in [3.05, 3.63) is 45.3 Å². The van der Waals surface area contributed by atoms with Crippen molar-refractivity contribution in [2.45, 2.75) is 84.7 Å². The SMILES string of the molecule is CCc1nn(CC(=O)N2CCCC2C(=O)O)c(CC)c1Cc1cc(C)c(O)c2c1CCC2. The van der Waals surface area contributed by atoms with E-state index in [0.29, 0.717) is 18.7 Å². The lowest BCUT2D eigenvalue weighted by atomic mass is 9.92. The molecular weight excluding hydrogens is 406 g/mol. The lowest BCUT2D eigenvalue weighted by molar-refractivity contribution is -0.148. The van der Waals surface area contributed by atoms with Crippen molar-refractivity contribution in [1.29, 1.82) is 0 Å². The molecular formula is C25H33N3O4. The van der Waals surface area contributed by atoms with Crippen LogP contribution >= 0.6 is 0 Å². The van der Waals surface area contributed by atoms with Crippen LogP contribution in [-0.4, -0.2) is 49.4 Å². The Balaban J connectivity index is 1.65. The van der Waals surface area contributed by atoms with E-state index >= 15 is 0 Å². The van der Waals surface area contributed by atoms with E-state index in [0.717, 1.165) is 73.0 Å². The van der Waals surface area contributed by atoms with Crippen LogP contribution in [0.1, 0.15) is 72.3 Å². The number of amides is 1. The molecule has 2 heterocycles. The average molecular weight is 440 g/mol. The maximum absolute atomic E-state index is 13.0. The number of aliphatic carboxylic acids is 1. The largest absolute Gasteiger partial charge is 0.507 e. The summed E-state index contributed by atoms with van der Waals surface area (Å²) in [6.07, 6.45) is 6.46. The molecule has 4 rings (SSSR count). The summed E-state index contributed by atoms with van der Waals surface area (Å²) in [6, 6.07) is 1.37. The minimum Gasteiger partial charge on any atom is -0.507 e. The predicted octanol–water partition coefficient (Wildman–Crippen LogP) is 3.18. The van der Waals surface area contributed by atoms with Crippen LogP contribution in [0.2, 0.25) is 0 Å². The van der Waals surface area contributed by atoms with Gasteiger partial charge in [0.15, 0.2) is 0 Å². The summed E-state index contributed by atoms with van der Waals surface area (Å²) in [5.41, 5.74) is 7.71. The van der Waals surface area contributed by atoms with Gasteiger partial charge in [0.1, 0.15) is 18.3 Å². The number of phenolic OH excluding ortho intramolecular Hbond substituents is 1. The molecule has 1 aromatic carbocycles. The molecule has 172 valence electrons. The van der Waals surface area contributed by atoms with E-state index in [9.17, 15) is 19.8 Å². The van der Waals surface area contributed by atoms with E-state index in [1.54, 1.807) is 4.68 Å². The zero-order valence-electron chi connectivity index (χ0n) is 19.3. The van der Waals surface area contributed by atoms with Crippen LogP contribution in [0.15, 0.2) is 6.07 Å². The summed E-state index contributed by atoms with van der Waals surface area (Å²) in [5.74, 6) is -0.672. The molecule has 0 bridgehead atoms. The first-order chi connectivity index (χ1) is 15.3. The molecule has 1 unspecified atom stereocenters. The molecule has 2 aliphatic rings.